The van der Waals surface area contributed by atoms with Crippen LogP contribution in [0.4, 0.5) is 0 Å². The maximum Gasteiger partial charge on any atom is 0.338 e. The molecule has 3 aliphatic rings. The first kappa shape index (κ1) is 65.7. The molecule has 8 aromatic carbocycles. The number of hydrogen-bond acceptors (Lipinski definition) is 19. The average Bonchev–Trinajstić information content (AvgIpc) is 0.795. The highest BCUT2D eigenvalue weighted by atomic mass is 16.8. The van der Waals surface area contributed by atoms with E-state index in [-0.39, 0.29) is 48.7 Å². The minimum Gasteiger partial charge on any atom is -0.459 e. The predicted molar refractivity (Wildman–Crippen MR) is 334 cm³/mol. The Morgan fingerprint density at radius 2 is 0.656 bits per heavy atom. The fraction of sp³-hybridized carbons (Fsp3) is 0.297. The molecule has 3 saturated heterocycles. The molecule has 0 spiro atoms. The fourth-order valence-electron chi connectivity index (χ4n) is 11.1. The molecule has 19 heteroatoms. The Morgan fingerprint density at radius 1 is 0.323 bits per heavy atom. The van der Waals surface area contributed by atoms with Crippen molar-refractivity contribution >= 4 is 23.9 Å². The quantitative estimate of drug-likeness (QED) is 0.0380. The third-order valence-electron chi connectivity index (χ3n) is 15.9. The predicted octanol–water partition coefficient (Wildman–Crippen LogP) is 9.81. The van der Waals surface area contributed by atoms with Gasteiger partial charge in [-0.25, -0.2) is 19.2 Å². The molecule has 0 bridgehead atoms. The van der Waals surface area contributed by atoms with Gasteiger partial charge >= 0.3 is 23.9 Å². The summed E-state index contributed by atoms with van der Waals surface area (Å²) in [4.78, 5) is 56.8. The zero-order valence-electron chi connectivity index (χ0n) is 50.8. The number of hydrogen-bond donors (Lipinski definition) is 2. The number of carbonyl (C=O) groups is 4. The second-order valence-electron chi connectivity index (χ2n) is 22.5. The van der Waals surface area contributed by atoms with Gasteiger partial charge in [-0.15, -0.1) is 0 Å². The first-order valence-corrected chi connectivity index (χ1v) is 30.7. The summed E-state index contributed by atoms with van der Waals surface area (Å²) < 4.78 is 87.1. The van der Waals surface area contributed by atoms with Crippen LogP contribution in [0.5, 0.6) is 0 Å². The van der Waals surface area contributed by atoms with Crippen LogP contribution in [0.15, 0.2) is 243 Å². The topological polar surface area (TPSA) is 229 Å². The van der Waals surface area contributed by atoms with Crippen LogP contribution in [0.3, 0.4) is 0 Å². The number of esters is 4. The van der Waals surface area contributed by atoms with Crippen LogP contribution in [0.1, 0.15) is 70.6 Å². The number of carbonyl (C=O) groups excluding carboxylic acids is 4. The summed E-state index contributed by atoms with van der Waals surface area (Å²) in [6.07, 6.45) is -22.8. The molecule has 93 heavy (non-hydrogen) atoms. The molecular formula is C74H72O19. The van der Waals surface area contributed by atoms with E-state index in [1.165, 1.54) is 24.3 Å². The average molecular weight is 1270 g/mol. The molecular weight excluding hydrogens is 1190 g/mol. The van der Waals surface area contributed by atoms with E-state index in [1.54, 1.807) is 104 Å². The molecule has 0 aromatic heterocycles. The van der Waals surface area contributed by atoms with E-state index >= 15 is 0 Å². The van der Waals surface area contributed by atoms with Crippen LogP contribution in [-0.2, 0) is 88.0 Å². The van der Waals surface area contributed by atoms with Crippen molar-refractivity contribution < 1.29 is 91.0 Å². The minimum atomic E-state index is -2.00. The molecule has 15 atom stereocenters. The van der Waals surface area contributed by atoms with Gasteiger partial charge in [0.1, 0.15) is 68.1 Å². The Kier molecular flexibility index (Phi) is 23.1. The highest BCUT2D eigenvalue weighted by Gasteiger charge is 2.58. The van der Waals surface area contributed by atoms with Crippen LogP contribution in [0, 0.1) is 0 Å². The smallest absolute Gasteiger partial charge is 0.338 e. The fourth-order valence-corrected chi connectivity index (χ4v) is 11.1. The molecule has 0 aliphatic carbocycles. The molecule has 0 radical (unpaired) electrons. The third kappa shape index (κ3) is 17.5. The van der Waals surface area contributed by atoms with Crippen molar-refractivity contribution in [1.82, 2.24) is 0 Å². The summed E-state index contributed by atoms with van der Waals surface area (Å²) in [6, 6.07) is 70.2. The van der Waals surface area contributed by atoms with E-state index in [0.29, 0.717) is 5.56 Å². The summed E-state index contributed by atoms with van der Waals surface area (Å²) in [5, 5.41) is 24.2. The van der Waals surface area contributed by atoms with Crippen molar-refractivity contribution in [3.05, 3.63) is 287 Å². The van der Waals surface area contributed by atoms with Crippen LogP contribution in [0.25, 0.3) is 0 Å². The van der Waals surface area contributed by atoms with Gasteiger partial charge in [0.2, 0.25) is 0 Å². The summed E-state index contributed by atoms with van der Waals surface area (Å²) in [5.74, 6) is -3.35. The van der Waals surface area contributed by atoms with Crippen LogP contribution >= 0.6 is 0 Å². The van der Waals surface area contributed by atoms with Gasteiger partial charge in [-0.3, -0.25) is 0 Å². The molecule has 0 saturated carbocycles. The number of aliphatic hydroxyl groups excluding tert-OH is 2. The molecule has 11 rings (SSSR count). The van der Waals surface area contributed by atoms with Gasteiger partial charge < -0.3 is 71.8 Å². The lowest BCUT2D eigenvalue weighted by Gasteiger charge is -2.51. The van der Waals surface area contributed by atoms with Gasteiger partial charge in [0.15, 0.2) is 31.1 Å². The second kappa shape index (κ2) is 32.7. The standard InChI is InChI=1S/C74H72O19/c1-48-61(81-42-49-26-10-2-11-27-49)64(82-43-50-28-12-3-13-29-50)66(83-44-51-30-14-4-15-31-51)74(87-48)93-65-62(92-73-63(90-70(79)55-38-22-8-23-39-55)60(76)59(75)57(88-73)46-84-68(77)53-34-18-6-19-35-53)58(47-85-69(78)54-36-20-7-21-37-54)89-72(86-45-52-32-16-5-17-33-52)67(65)91-71(80)56-40-24-9-25-41-56/h2-41,48,57-67,72-76H,42-47H2,1H3/t48-,57+,58+,59-,60-,61+,62+,63+,64+,65-,66-,67+,72+,73-,74-/m0/s1. The van der Waals surface area contributed by atoms with E-state index in [0.717, 1.165) is 16.7 Å². The highest BCUT2D eigenvalue weighted by Crippen LogP contribution is 2.39. The summed E-state index contributed by atoms with van der Waals surface area (Å²) >= 11 is 0. The maximum atomic E-state index is 14.9. The lowest BCUT2D eigenvalue weighted by atomic mass is 9.95. The van der Waals surface area contributed by atoms with Crippen molar-refractivity contribution in [2.75, 3.05) is 13.2 Å². The first-order valence-electron chi connectivity index (χ1n) is 30.7. The molecule has 482 valence electrons. The van der Waals surface area contributed by atoms with Gasteiger partial charge in [-0.2, -0.15) is 0 Å². The summed E-state index contributed by atoms with van der Waals surface area (Å²) in [7, 11) is 0. The Bertz CT molecular complexity index is 3580. The number of benzene rings is 8. The van der Waals surface area contributed by atoms with Gasteiger partial charge in [-0.05, 0) is 77.7 Å². The SMILES string of the molecule is C[C@@H]1O[C@@H](O[C@@H]2[C@@H](OC(=O)c3ccccc3)[C@H](OCc3ccccc3)O[C@H](COC(=O)c3ccccc3)[C@H]2O[C@@H]2O[C@H](COC(=O)c3ccccc3)[C@H](O)[C@H](O)[C@H]2OC(=O)c2ccccc2)[C@@H](OCc2ccccc2)[C@H](OCc2ccccc2)[C@@H]1OCc1ccccc1. The molecule has 0 unspecified atom stereocenters. The van der Waals surface area contributed by atoms with Crippen molar-refractivity contribution in [3.8, 4) is 0 Å². The van der Waals surface area contributed by atoms with E-state index in [1.807, 2.05) is 121 Å². The van der Waals surface area contributed by atoms with Gasteiger partial charge in [-0.1, -0.05) is 194 Å². The first-order chi connectivity index (χ1) is 45.5. The zero-order chi connectivity index (χ0) is 64.3. The van der Waals surface area contributed by atoms with E-state index in [2.05, 4.69) is 0 Å². The minimum absolute atomic E-state index is 0.00153. The van der Waals surface area contributed by atoms with Crippen LogP contribution < -0.4 is 0 Å². The van der Waals surface area contributed by atoms with Crippen LogP contribution in [0.2, 0.25) is 0 Å². The van der Waals surface area contributed by atoms with Gasteiger partial charge in [0.05, 0.1) is 54.8 Å². The van der Waals surface area contributed by atoms with Gasteiger partial charge in [0, 0.05) is 0 Å². The highest BCUT2D eigenvalue weighted by molar-refractivity contribution is 5.91. The van der Waals surface area contributed by atoms with E-state index in [9.17, 15) is 29.4 Å². The lowest BCUT2D eigenvalue weighted by Crippen LogP contribution is -2.68. The van der Waals surface area contributed by atoms with E-state index < -0.39 is 129 Å². The number of ether oxygens (including phenoxy) is 13. The third-order valence-corrected chi connectivity index (χ3v) is 15.9. The molecule has 19 nitrogen and oxygen atoms in total. The van der Waals surface area contributed by atoms with Crippen LogP contribution in [-0.4, -0.2) is 139 Å². The number of aliphatic hydroxyl groups is 2. The summed E-state index contributed by atoms with van der Waals surface area (Å²) in [5.41, 5.74) is 3.76. The van der Waals surface area contributed by atoms with Crippen molar-refractivity contribution in [3.63, 3.8) is 0 Å². The normalized spacial score (nSPS) is 26.0. The summed E-state index contributed by atoms with van der Waals surface area (Å²) in [6.45, 7) is 0.658. The largest absolute Gasteiger partial charge is 0.459 e. The monoisotopic (exact) mass is 1260 g/mol. The maximum absolute atomic E-state index is 14.9. The Morgan fingerprint density at radius 3 is 1.10 bits per heavy atom. The Balaban J connectivity index is 1.04. The van der Waals surface area contributed by atoms with Crippen molar-refractivity contribution in [1.29, 1.82) is 0 Å². The Hall–Kier alpha value is -8.80. The van der Waals surface area contributed by atoms with E-state index in [4.69, 9.17) is 61.6 Å². The second-order valence-corrected chi connectivity index (χ2v) is 22.5. The Labute approximate surface area is 538 Å². The van der Waals surface area contributed by atoms with Crippen molar-refractivity contribution in [2.45, 2.75) is 125 Å². The molecule has 3 heterocycles. The molecule has 3 fully saturated rings. The lowest BCUT2D eigenvalue weighted by molar-refractivity contribution is -0.389. The van der Waals surface area contributed by atoms with Gasteiger partial charge in [0.25, 0.3) is 0 Å². The zero-order valence-corrected chi connectivity index (χ0v) is 50.8. The molecule has 3 aliphatic heterocycles. The molecule has 8 aromatic rings. The molecule has 0 amide bonds. The van der Waals surface area contributed by atoms with Crippen molar-refractivity contribution in [2.24, 2.45) is 0 Å². The molecule has 2 N–H and O–H groups in total. The number of rotatable bonds is 26.